The predicted octanol–water partition coefficient (Wildman–Crippen LogP) is 0.596. The fourth-order valence-corrected chi connectivity index (χ4v) is 3.05. The van der Waals surface area contributed by atoms with Crippen molar-refractivity contribution in [2.24, 2.45) is 12.0 Å². The third-order valence-corrected chi connectivity index (χ3v) is 4.34. The van der Waals surface area contributed by atoms with E-state index in [-0.39, 0.29) is 0 Å². The Morgan fingerprint density at radius 2 is 2.35 bits per heavy atom. The molecular formula is C15H24N8. The van der Waals surface area contributed by atoms with Gasteiger partial charge in [0, 0.05) is 45.8 Å². The number of aliphatic imine (C=N–C) groups is 1. The molecule has 2 aromatic rings. The first-order valence-electron chi connectivity index (χ1n) is 8.02. The van der Waals surface area contributed by atoms with E-state index >= 15 is 0 Å². The van der Waals surface area contributed by atoms with Gasteiger partial charge in [0.05, 0.1) is 12.7 Å². The van der Waals surface area contributed by atoms with Crippen LogP contribution in [0.25, 0.3) is 0 Å². The summed E-state index contributed by atoms with van der Waals surface area (Å²) in [6, 6.07) is 0. The molecule has 3 rings (SSSR count). The Bertz CT molecular complexity index is 671. The molecule has 1 saturated heterocycles. The third kappa shape index (κ3) is 3.35. The number of hydrogen-bond acceptors (Lipinski definition) is 4. The van der Waals surface area contributed by atoms with Crippen LogP contribution in [0.1, 0.15) is 30.7 Å². The van der Waals surface area contributed by atoms with Crippen molar-refractivity contribution in [2.45, 2.75) is 32.4 Å². The number of nitrogens with zero attached hydrogens (tertiary/aromatic N) is 7. The van der Waals surface area contributed by atoms with Crippen LogP contribution in [-0.2, 0) is 20.1 Å². The highest BCUT2D eigenvalue weighted by Gasteiger charge is 2.26. The third-order valence-electron chi connectivity index (χ3n) is 4.34. The van der Waals surface area contributed by atoms with Crippen molar-refractivity contribution in [3.8, 4) is 0 Å². The summed E-state index contributed by atoms with van der Waals surface area (Å²) in [5.74, 6) is 2.36. The summed E-state index contributed by atoms with van der Waals surface area (Å²) in [6.45, 7) is 5.55. The Kier molecular flexibility index (Phi) is 4.59. The highest BCUT2D eigenvalue weighted by Crippen LogP contribution is 2.26. The van der Waals surface area contributed by atoms with E-state index in [1.807, 2.05) is 29.5 Å². The second-order valence-electron chi connectivity index (χ2n) is 5.81. The summed E-state index contributed by atoms with van der Waals surface area (Å²) in [5.41, 5.74) is 1.30. The van der Waals surface area contributed by atoms with Gasteiger partial charge < -0.3 is 14.8 Å². The van der Waals surface area contributed by atoms with E-state index in [1.54, 1.807) is 6.33 Å². The minimum absolute atomic E-state index is 0.515. The minimum Gasteiger partial charge on any atom is -0.349 e. The second kappa shape index (κ2) is 6.80. The zero-order valence-electron chi connectivity index (χ0n) is 14.0. The lowest BCUT2D eigenvalue weighted by molar-refractivity contribution is 0.482. The zero-order chi connectivity index (χ0) is 16.2. The first-order chi connectivity index (χ1) is 11.2. The summed E-state index contributed by atoms with van der Waals surface area (Å²) in [6.07, 6.45) is 6.95. The van der Waals surface area contributed by atoms with Crippen LogP contribution in [0, 0.1) is 0 Å². The standard InChI is InChI=1S/C15H24N8/c1-4-22-11-18-20-14(22)8-17-15(16-2)23-6-5-12(10-23)13-7-19-21(3)9-13/h7,9,11-12H,4-6,8,10H2,1-3H3,(H,16,17). The van der Waals surface area contributed by atoms with Gasteiger partial charge >= 0.3 is 0 Å². The van der Waals surface area contributed by atoms with Crippen LogP contribution in [-0.4, -0.2) is 55.5 Å². The molecule has 0 spiro atoms. The van der Waals surface area contributed by atoms with Crippen molar-refractivity contribution in [2.75, 3.05) is 20.1 Å². The van der Waals surface area contributed by atoms with E-state index in [9.17, 15) is 0 Å². The molecule has 1 unspecified atom stereocenters. The number of hydrogen-bond donors (Lipinski definition) is 1. The molecule has 2 aromatic heterocycles. The molecule has 0 aromatic carbocycles. The molecule has 8 heteroatoms. The highest BCUT2D eigenvalue weighted by molar-refractivity contribution is 5.80. The SMILES string of the molecule is CCn1cnnc1CNC(=NC)N1CCC(c2cnn(C)c2)C1. The lowest BCUT2D eigenvalue weighted by Crippen LogP contribution is -2.40. The molecule has 0 bridgehead atoms. The molecule has 0 aliphatic carbocycles. The zero-order valence-corrected chi connectivity index (χ0v) is 14.0. The summed E-state index contributed by atoms with van der Waals surface area (Å²) >= 11 is 0. The van der Waals surface area contributed by atoms with Crippen LogP contribution < -0.4 is 5.32 Å². The number of rotatable bonds is 4. The molecule has 1 aliphatic rings. The van der Waals surface area contributed by atoms with Gasteiger partial charge in [-0.1, -0.05) is 0 Å². The van der Waals surface area contributed by atoms with Crippen molar-refractivity contribution in [1.29, 1.82) is 0 Å². The Balaban J connectivity index is 1.59. The molecule has 8 nitrogen and oxygen atoms in total. The Morgan fingerprint density at radius 1 is 1.48 bits per heavy atom. The smallest absolute Gasteiger partial charge is 0.194 e. The van der Waals surface area contributed by atoms with Gasteiger partial charge in [-0.15, -0.1) is 10.2 Å². The van der Waals surface area contributed by atoms with Gasteiger partial charge in [0.1, 0.15) is 6.33 Å². The molecule has 1 aliphatic heterocycles. The molecule has 0 radical (unpaired) electrons. The quantitative estimate of drug-likeness (QED) is 0.660. The van der Waals surface area contributed by atoms with Crippen LogP contribution >= 0.6 is 0 Å². The number of guanidine groups is 1. The maximum Gasteiger partial charge on any atom is 0.194 e. The molecule has 0 amide bonds. The summed E-state index contributed by atoms with van der Waals surface area (Å²) in [7, 11) is 3.78. The monoisotopic (exact) mass is 316 g/mol. The molecule has 3 heterocycles. The second-order valence-corrected chi connectivity index (χ2v) is 5.81. The van der Waals surface area contributed by atoms with Gasteiger partial charge in [0.25, 0.3) is 0 Å². The van der Waals surface area contributed by atoms with Crippen LogP contribution in [0.15, 0.2) is 23.7 Å². The van der Waals surface area contributed by atoms with E-state index in [2.05, 4.69) is 43.6 Å². The number of likely N-dealkylation sites (tertiary alicyclic amines) is 1. The average molecular weight is 316 g/mol. The van der Waals surface area contributed by atoms with Crippen LogP contribution in [0.2, 0.25) is 0 Å². The van der Waals surface area contributed by atoms with Crippen LogP contribution in [0.5, 0.6) is 0 Å². The lowest BCUT2D eigenvalue weighted by Gasteiger charge is -2.21. The molecule has 1 N–H and O–H groups in total. The molecule has 23 heavy (non-hydrogen) atoms. The Labute approximate surface area is 136 Å². The first-order valence-corrected chi connectivity index (χ1v) is 8.02. The topological polar surface area (TPSA) is 76.2 Å². The molecule has 1 atom stereocenters. The van der Waals surface area contributed by atoms with Crippen LogP contribution in [0.4, 0.5) is 0 Å². The number of aromatic nitrogens is 5. The van der Waals surface area contributed by atoms with Crippen molar-refractivity contribution < 1.29 is 0 Å². The Morgan fingerprint density at radius 3 is 3.04 bits per heavy atom. The van der Waals surface area contributed by atoms with Crippen LogP contribution in [0.3, 0.4) is 0 Å². The van der Waals surface area contributed by atoms with Gasteiger partial charge in [-0.2, -0.15) is 5.10 Å². The van der Waals surface area contributed by atoms with E-state index in [0.717, 1.165) is 37.8 Å². The molecule has 1 fully saturated rings. The van der Waals surface area contributed by atoms with Gasteiger partial charge in [-0.25, -0.2) is 0 Å². The summed E-state index contributed by atoms with van der Waals surface area (Å²) in [4.78, 5) is 6.71. The van der Waals surface area contributed by atoms with Gasteiger partial charge in [-0.3, -0.25) is 9.67 Å². The van der Waals surface area contributed by atoms with E-state index < -0.39 is 0 Å². The van der Waals surface area contributed by atoms with Gasteiger partial charge in [-0.05, 0) is 18.9 Å². The van der Waals surface area contributed by atoms with Crippen molar-refractivity contribution in [3.05, 3.63) is 30.1 Å². The summed E-state index contributed by atoms with van der Waals surface area (Å²) < 4.78 is 3.89. The van der Waals surface area contributed by atoms with E-state index in [0.29, 0.717) is 12.5 Å². The largest absolute Gasteiger partial charge is 0.349 e. The lowest BCUT2D eigenvalue weighted by atomic mass is 10.0. The predicted molar refractivity (Wildman–Crippen MR) is 88.0 cm³/mol. The van der Waals surface area contributed by atoms with Gasteiger partial charge in [0.2, 0.25) is 0 Å². The number of aryl methyl sites for hydroxylation is 2. The average Bonchev–Trinajstić information content (AvgIpc) is 3.27. The van der Waals surface area contributed by atoms with Crippen molar-refractivity contribution in [1.82, 2.24) is 34.8 Å². The fraction of sp³-hybridized carbons (Fsp3) is 0.600. The van der Waals surface area contributed by atoms with Crippen molar-refractivity contribution in [3.63, 3.8) is 0 Å². The Hall–Kier alpha value is -2.38. The van der Waals surface area contributed by atoms with E-state index in [4.69, 9.17) is 0 Å². The minimum atomic E-state index is 0.515. The normalized spacial score (nSPS) is 18.7. The maximum atomic E-state index is 4.41. The van der Waals surface area contributed by atoms with Gasteiger partial charge in [0.15, 0.2) is 11.8 Å². The van der Waals surface area contributed by atoms with E-state index in [1.165, 1.54) is 5.56 Å². The first kappa shape index (κ1) is 15.5. The van der Waals surface area contributed by atoms with Crippen molar-refractivity contribution >= 4 is 5.96 Å². The molecule has 124 valence electrons. The summed E-state index contributed by atoms with van der Waals surface area (Å²) in [5, 5.41) is 15.8. The maximum absolute atomic E-state index is 4.41. The molecule has 0 saturated carbocycles. The molecular weight excluding hydrogens is 292 g/mol. The highest BCUT2D eigenvalue weighted by atomic mass is 15.3. The number of nitrogens with one attached hydrogen (secondary N) is 1. The fourth-order valence-electron chi connectivity index (χ4n) is 3.05.